The van der Waals surface area contributed by atoms with Gasteiger partial charge < -0.3 is 9.26 Å². The van der Waals surface area contributed by atoms with Crippen LogP contribution in [0.3, 0.4) is 0 Å². The van der Waals surface area contributed by atoms with E-state index in [1.54, 1.807) is 13.0 Å². The number of ketones is 1. The smallest absolute Gasteiger partial charge is 0.361 e. The average molecular weight is 531 g/mol. The molecular formula is C23H23BrN4O4S. The molecule has 0 N–H and O–H groups in total. The van der Waals surface area contributed by atoms with Gasteiger partial charge in [0, 0.05) is 21.9 Å². The van der Waals surface area contributed by atoms with Crippen LogP contribution in [0, 0.1) is 0 Å². The number of ether oxygens (including phenoxy) is 1. The van der Waals surface area contributed by atoms with Crippen molar-refractivity contribution in [2.24, 2.45) is 0 Å². The van der Waals surface area contributed by atoms with Crippen molar-refractivity contribution < 1.29 is 18.8 Å². The zero-order valence-corrected chi connectivity index (χ0v) is 20.7. The maximum atomic E-state index is 13.8. The van der Waals surface area contributed by atoms with Gasteiger partial charge >= 0.3 is 5.97 Å². The van der Waals surface area contributed by atoms with Crippen molar-refractivity contribution in [1.82, 2.24) is 19.9 Å². The average Bonchev–Trinajstić information content (AvgIpc) is 3.74. The molecule has 3 aromatic rings. The van der Waals surface area contributed by atoms with Gasteiger partial charge in [0.05, 0.1) is 13.2 Å². The second-order valence-electron chi connectivity index (χ2n) is 8.28. The fraction of sp³-hybridized carbons (Fsp3) is 0.435. The van der Waals surface area contributed by atoms with Crippen molar-refractivity contribution >= 4 is 39.4 Å². The molecule has 0 atom stereocenters. The predicted octanol–water partition coefficient (Wildman–Crippen LogP) is 4.96. The van der Waals surface area contributed by atoms with E-state index in [-0.39, 0.29) is 29.6 Å². The minimum absolute atomic E-state index is 0.0540. The highest BCUT2D eigenvalue weighted by Crippen LogP contribution is 2.43. The molecule has 0 saturated heterocycles. The van der Waals surface area contributed by atoms with Gasteiger partial charge in [-0.25, -0.2) is 14.5 Å². The molecule has 5 rings (SSSR count). The summed E-state index contributed by atoms with van der Waals surface area (Å²) in [4.78, 5) is 31.0. The number of thioether (sulfide) groups is 1. The van der Waals surface area contributed by atoms with Gasteiger partial charge in [-0.1, -0.05) is 32.8 Å². The summed E-state index contributed by atoms with van der Waals surface area (Å²) in [6, 6.07) is 5.50. The Kier molecular flexibility index (Phi) is 6.13. The minimum Gasteiger partial charge on any atom is -0.461 e. The van der Waals surface area contributed by atoms with Crippen molar-refractivity contribution in [2.75, 3.05) is 12.9 Å². The molecule has 0 aliphatic heterocycles. The Morgan fingerprint density at radius 3 is 2.67 bits per heavy atom. The van der Waals surface area contributed by atoms with E-state index in [4.69, 9.17) is 9.26 Å². The van der Waals surface area contributed by atoms with Crippen molar-refractivity contribution in [3.05, 3.63) is 56.6 Å². The Balaban J connectivity index is 1.55. The summed E-state index contributed by atoms with van der Waals surface area (Å²) < 4.78 is 13.4. The number of carbonyl (C=O) groups is 2. The molecule has 2 aliphatic rings. The van der Waals surface area contributed by atoms with Crippen LogP contribution in [0.5, 0.6) is 0 Å². The summed E-state index contributed by atoms with van der Waals surface area (Å²) in [7, 11) is 0. The van der Waals surface area contributed by atoms with Crippen LogP contribution in [0.1, 0.15) is 88.0 Å². The first-order valence-electron chi connectivity index (χ1n) is 11.0. The number of hydrogen-bond donors (Lipinski definition) is 0. The topological polar surface area (TPSA) is 100 Å². The predicted molar refractivity (Wildman–Crippen MR) is 125 cm³/mol. The number of aromatic nitrogens is 4. The van der Waals surface area contributed by atoms with E-state index in [1.807, 2.05) is 23.1 Å². The number of benzene rings is 1. The molecule has 0 spiro atoms. The van der Waals surface area contributed by atoms with Gasteiger partial charge in [0.15, 0.2) is 11.5 Å². The Morgan fingerprint density at radius 1 is 1.24 bits per heavy atom. The van der Waals surface area contributed by atoms with Gasteiger partial charge in [0.25, 0.3) is 0 Å². The quantitative estimate of drug-likeness (QED) is 0.217. The highest BCUT2D eigenvalue weighted by Gasteiger charge is 2.38. The first-order valence-corrected chi connectivity index (χ1v) is 13.0. The molecule has 2 aliphatic carbocycles. The molecule has 172 valence electrons. The number of hydrogen-bond acceptors (Lipinski definition) is 8. The van der Waals surface area contributed by atoms with Crippen molar-refractivity contribution in [1.29, 1.82) is 0 Å². The van der Waals surface area contributed by atoms with Crippen LogP contribution in [0.2, 0.25) is 0 Å². The Hall–Kier alpha value is -2.46. The van der Waals surface area contributed by atoms with Crippen LogP contribution < -0.4 is 0 Å². The molecule has 2 fully saturated rings. The molecule has 10 heteroatoms. The summed E-state index contributed by atoms with van der Waals surface area (Å²) >= 11 is 5.03. The van der Waals surface area contributed by atoms with E-state index in [9.17, 15) is 9.59 Å². The first-order chi connectivity index (χ1) is 16.0. The monoisotopic (exact) mass is 530 g/mol. The highest BCUT2D eigenvalue weighted by molar-refractivity contribution is 9.10. The fourth-order valence-electron chi connectivity index (χ4n) is 3.87. The van der Waals surface area contributed by atoms with E-state index in [1.165, 1.54) is 11.8 Å². The number of esters is 1. The molecule has 0 radical (unpaired) electrons. The van der Waals surface area contributed by atoms with Gasteiger partial charge in [-0.2, -0.15) is 0 Å². The lowest BCUT2D eigenvalue weighted by atomic mass is 9.95. The summed E-state index contributed by atoms with van der Waals surface area (Å²) in [5.74, 6) is 1.02. The molecule has 2 heterocycles. The third-order valence-electron chi connectivity index (χ3n) is 5.80. The SMILES string of the molecule is CCOC(=O)c1noc(C2CC2)c1C(=O)c1ccc(Br)cc1Cn1nc(SC)nc1C1CC1. The molecule has 0 amide bonds. The van der Waals surface area contributed by atoms with Crippen molar-refractivity contribution in [2.45, 2.75) is 56.1 Å². The van der Waals surface area contributed by atoms with Gasteiger partial charge in [-0.15, -0.1) is 5.10 Å². The summed E-state index contributed by atoms with van der Waals surface area (Å²) in [6.07, 6.45) is 5.97. The zero-order valence-electron chi connectivity index (χ0n) is 18.3. The van der Waals surface area contributed by atoms with Gasteiger partial charge in [0.1, 0.15) is 11.4 Å². The van der Waals surface area contributed by atoms with Crippen LogP contribution in [0.25, 0.3) is 0 Å². The molecular weight excluding hydrogens is 508 g/mol. The second kappa shape index (κ2) is 9.06. The maximum Gasteiger partial charge on any atom is 0.361 e. The van der Waals surface area contributed by atoms with Crippen LogP contribution in [-0.2, 0) is 11.3 Å². The van der Waals surface area contributed by atoms with Crippen LogP contribution in [0.15, 0.2) is 32.4 Å². The molecule has 2 saturated carbocycles. The van der Waals surface area contributed by atoms with E-state index in [0.717, 1.165) is 46.7 Å². The van der Waals surface area contributed by atoms with E-state index < -0.39 is 5.97 Å². The van der Waals surface area contributed by atoms with Gasteiger partial charge in [-0.3, -0.25) is 4.79 Å². The molecule has 2 aromatic heterocycles. The lowest BCUT2D eigenvalue weighted by molar-refractivity contribution is 0.0512. The second-order valence-corrected chi connectivity index (χ2v) is 9.97. The Morgan fingerprint density at radius 2 is 2.00 bits per heavy atom. The summed E-state index contributed by atoms with van der Waals surface area (Å²) in [6.45, 7) is 2.31. The Bertz CT molecular complexity index is 1230. The van der Waals surface area contributed by atoms with Gasteiger partial charge in [-0.05, 0) is 62.6 Å². The standard InChI is InChI=1S/C23H23BrN4O4S/c1-3-31-22(30)18-17(20(32-27-18)12-4-5-12)19(29)16-9-8-15(24)10-14(16)11-28-21(13-6-7-13)25-23(26-28)33-2/h8-10,12-13H,3-7,11H2,1-2H3. The van der Waals surface area contributed by atoms with E-state index in [2.05, 4.69) is 31.2 Å². The van der Waals surface area contributed by atoms with E-state index >= 15 is 0 Å². The lowest BCUT2D eigenvalue weighted by Gasteiger charge is -2.12. The highest BCUT2D eigenvalue weighted by atomic mass is 79.9. The molecule has 33 heavy (non-hydrogen) atoms. The van der Waals surface area contributed by atoms with Crippen LogP contribution in [0.4, 0.5) is 0 Å². The fourth-order valence-corrected chi connectivity index (χ4v) is 4.65. The van der Waals surface area contributed by atoms with E-state index in [0.29, 0.717) is 23.8 Å². The number of rotatable bonds is 9. The summed E-state index contributed by atoms with van der Waals surface area (Å²) in [5, 5.41) is 9.29. The largest absolute Gasteiger partial charge is 0.461 e. The van der Waals surface area contributed by atoms with Crippen molar-refractivity contribution in [3.8, 4) is 0 Å². The first kappa shape index (κ1) is 22.3. The molecule has 0 unspecified atom stereocenters. The molecule has 1 aromatic carbocycles. The Labute approximate surface area is 203 Å². The number of halogens is 1. The third kappa shape index (κ3) is 4.50. The maximum absolute atomic E-state index is 13.8. The third-order valence-corrected chi connectivity index (χ3v) is 6.83. The zero-order chi connectivity index (χ0) is 23.1. The molecule has 8 nitrogen and oxygen atoms in total. The van der Waals surface area contributed by atoms with Crippen LogP contribution >= 0.6 is 27.7 Å². The van der Waals surface area contributed by atoms with Crippen LogP contribution in [-0.4, -0.2) is 44.5 Å². The summed E-state index contributed by atoms with van der Waals surface area (Å²) in [5.41, 5.74) is 1.43. The van der Waals surface area contributed by atoms with Gasteiger partial charge in [0.2, 0.25) is 10.9 Å². The normalized spacial score (nSPS) is 15.6. The molecule has 0 bridgehead atoms. The van der Waals surface area contributed by atoms with Crippen molar-refractivity contribution in [3.63, 3.8) is 0 Å². The number of nitrogens with zero attached hydrogens (tertiary/aromatic N) is 4. The lowest BCUT2D eigenvalue weighted by Crippen LogP contribution is -2.16. The minimum atomic E-state index is -0.646. The number of carbonyl (C=O) groups excluding carboxylic acids is 2.